The van der Waals surface area contributed by atoms with Crippen molar-refractivity contribution in [2.75, 3.05) is 31.1 Å². The molecule has 0 amide bonds. The van der Waals surface area contributed by atoms with Crippen molar-refractivity contribution in [1.82, 2.24) is 9.88 Å². The van der Waals surface area contributed by atoms with Gasteiger partial charge in [0.25, 0.3) is 0 Å². The molecule has 3 aromatic rings. The Morgan fingerprint density at radius 2 is 1.63 bits per heavy atom. The minimum absolute atomic E-state index is 0.651. The van der Waals surface area contributed by atoms with Gasteiger partial charge in [0.15, 0.2) is 0 Å². The first-order valence-corrected chi connectivity index (χ1v) is 9.67. The first-order valence-electron chi connectivity index (χ1n) is 9.67. The lowest BCUT2D eigenvalue weighted by Crippen LogP contribution is -2.51. The van der Waals surface area contributed by atoms with Crippen LogP contribution in [0, 0.1) is 11.3 Å². The van der Waals surface area contributed by atoms with Crippen LogP contribution in [0.25, 0.3) is 10.9 Å². The molecule has 5 rings (SSSR count). The van der Waals surface area contributed by atoms with E-state index in [0.29, 0.717) is 11.6 Å². The van der Waals surface area contributed by atoms with Gasteiger partial charge in [-0.2, -0.15) is 5.26 Å². The van der Waals surface area contributed by atoms with Gasteiger partial charge in [0.1, 0.15) is 5.82 Å². The number of pyridine rings is 1. The molecule has 2 aromatic carbocycles. The van der Waals surface area contributed by atoms with Crippen LogP contribution >= 0.6 is 0 Å². The van der Waals surface area contributed by atoms with E-state index in [-0.39, 0.29) is 0 Å². The van der Waals surface area contributed by atoms with Crippen molar-refractivity contribution < 1.29 is 0 Å². The zero-order valence-electron chi connectivity index (χ0n) is 15.3. The van der Waals surface area contributed by atoms with E-state index in [4.69, 9.17) is 10.2 Å². The second-order valence-electron chi connectivity index (χ2n) is 7.54. The molecule has 0 atom stereocenters. The van der Waals surface area contributed by atoms with Crippen molar-refractivity contribution in [3.8, 4) is 6.07 Å². The number of hydrogen-bond donors (Lipinski definition) is 0. The van der Waals surface area contributed by atoms with Gasteiger partial charge in [-0.25, -0.2) is 4.98 Å². The number of nitriles is 1. The van der Waals surface area contributed by atoms with Crippen molar-refractivity contribution in [1.29, 1.82) is 5.26 Å². The summed E-state index contributed by atoms with van der Waals surface area (Å²) in [7, 11) is 0. The summed E-state index contributed by atoms with van der Waals surface area (Å²) in [6, 6.07) is 21.6. The fourth-order valence-corrected chi connectivity index (χ4v) is 4.47. The maximum absolute atomic E-state index is 9.04. The molecule has 1 aromatic heterocycles. The molecule has 0 radical (unpaired) electrons. The lowest BCUT2D eigenvalue weighted by Gasteiger charge is -2.38. The Hall–Kier alpha value is -2.90. The molecule has 0 N–H and O–H groups in total. The van der Waals surface area contributed by atoms with E-state index in [1.54, 1.807) is 0 Å². The molecule has 0 spiro atoms. The largest absolute Gasteiger partial charge is 0.354 e. The predicted molar refractivity (Wildman–Crippen MR) is 108 cm³/mol. The number of fused-ring (bicyclic) bond motifs is 2. The second-order valence-corrected chi connectivity index (χ2v) is 7.54. The smallest absolute Gasteiger partial charge is 0.129 e. The SMILES string of the molecule is N#Cc1ccc2nc(N3CCN(C4Cc5ccccc5C4)CC3)ccc2c1. The number of piperazine rings is 1. The van der Waals surface area contributed by atoms with Gasteiger partial charge in [0.2, 0.25) is 0 Å². The molecule has 2 aliphatic rings. The van der Waals surface area contributed by atoms with Crippen LogP contribution in [0.5, 0.6) is 0 Å². The molecular weight excluding hydrogens is 332 g/mol. The highest BCUT2D eigenvalue weighted by Gasteiger charge is 2.29. The van der Waals surface area contributed by atoms with Crippen molar-refractivity contribution in [3.05, 3.63) is 71.3 Å². The number of nitrogens with zero attached hydrogens (tertiary/aromatic N) is 4. The quantitative estimate of drug-likeness (QED) is 0.707. The Kier molecular flexibility index (Phi) is 4.03. The fraction of sp³-hybridized carbons (Fsp3) is 0.304. The van der Waals surface area contributed by atoms with Gasteiger partial charge in [-0.1, -0.05) is 24.3 Å². The van der Waals surface area contributed by atoms with Gasteiger partial charge in [-0.3, -0.25) is 4.90 Å². The van der Waals surface area contributed by atoms with Gasteiger partial charge in [-0.15, -0.1) is 0 Å². The van der Waals surface area contributed by atoms with E-state index >= 15 is 0 Å². The Balaban J connectivity index is 1.27. The number of rotatable bonds is 2. The lowest BCUT2D eigenvalue weighted by molar-refractivity contribution is 0.190. The van der Waals surface area contributed by atoms with Crippen molar-refractivity contribution in [2.24, 2.45) is 0 Å². The van der Waals surface area contributed by atoms with E-state index in [0.717, 1.165) is 42.9 Å². The van der Waals surface area contributed by atoms with Crippen LogP contribution in [-0.2, 0) is 12.8 Å². The standard InChI is InChI=1S/C23H22N4/c24-16-17-5-7-22-20(13-17)6-8-23(25-22)27-11-9-26(10-12-27)21-14-18-3-1-2-4-19(18)15-21/h1-8,13,21H,9-12,14-15H2. The summed E-state index contributed by atoms with van der Waals surface area (Å²) in [4.78, 5) is 9.86. The minimum atomic E-state index is 0.651. The molecule has 4 heteroatoms. The van der Waals surface area contributed by atoms with Crippen LogP contribution < -0.4 is 4.90 Å². The normalized spacial score (nSPS) is 17.8. The third-order valence-corrected chi connectivity index (χ3v) is 5.99. The highest BCUT2D eigenvalue weighted by atomic mass is 15.3. The lowest BCUT2D eigenvalue weighted by atomic mass is 10.1. The molecule has 0 bridgehead atoms. The molecule has 27 heavy (non-hydrogen) atoms. The molecule has 1 saturated heterocycles. The van der Waals surface area contributed by atoms with E-state index < -0.39 is 0 Å². The molecular formula is C23H22N4. The average molecular weight is 354 g/mol. The zero-order chi connectivity index (χ0) is 18.2. The molecule has 1 fully saturated rings. The Labute approximate surface area is 159 Å². The van der Waals surface area contributed by atoms with E-state index in [1.165, 1.54) is 24.0 Å². The summed E-state index contributed by atoms with van der Waals surface area (Å²) < 4.78 is 0. The average Bonchev–Trinajstić information content (AvgIpc) is 3.17. The van der Waals surface area contributed by atoms with Gasteiger partial charge in [-0.05, 0) is 54.3 Å². The fourth-order valence-electron chi connectivity index (χ4n) is 4.47. The minimum Gasteiger partial charge on any atom is -0.354 e. The van der Waals surface area contributed by atoms with Gasteiger partial charge >= 0.3 is 0 Å². The molecule has 0 unspecified atom stereocenters. The Morgan fingerprint density at radius 1 is 0.889 bits per heavy atom. The first-order chi connectivity index (χ1) is 13.3. The van der Waals surface area contributed by atoms with Gasteiger partial charge < -0.3 is 4.90 Å². The summed E-state index contributed by atoms with van der Waals surface area (Å²) in [5, 5.41) is 10.1. The third-order valence-electron chi connectivity index (χ3n) is 5.99. The van der Waals surface area contributed by atoms with E-state index in [9.17, 15) is 0 Å². The highest BCUT2D eigenvalue weighted by molar-refractivity contribution is 5.81. The second kappa shape index (κ2) is 6.68. The molecule has 1 aliphatic carbocycles. The van der Waals surface area contributed by atoms with Crippen LogP contribution in [0.2, 0.25) is 0 Å². The van der Waals surface area contributed by atoms with Crippen molar-refractivity contribution in [2.45, 2.75) is 18.9 Å². The molecule has 0 saturated carbocycles. The molecule has 4 nitrogen and oxygen atoms in total. The molecule has 134 valence electrons. The number of benzene rings is 2. The number of hydrogen-bond acceptors (Lipinski definition) is 4. The maximum atomic E-state index is 9.04. The van der Waals surface area contributed by atoms with Crippen LogP contribution in [0.1, 0.15) is 16.7 Å². The van der Waals surface area contributed by atoms with E-state index in [2.05, 4.69) is 52.3 Å². The van der Waals surface area contributed by atoms with Crippen LogP contribution in [-0.4, -0.2) is 42.1 Å². The topological polar surface area (TPSA) is 43.2 Å². The Bertz CT molecular complexity index is 1000. The summed E-state index contributed by atoms with van der Waals surface area (Å²) >= 11 is 0. The van der Waals surface area contributed by atoms with Gasteiger partial charge in [0, 0.05) is 37.6 Å². The van der Waals surface area contributed by atoms with Crippen LogP contribution in [0.15, 0.2) is 54.6 Å². The molecule has 1 aliphatic heterocycles. The number of aromatic nitrogens is 1. The van der Waals surface area contributed by atoms with Crippen LogP contribution in [0.4, 0.5) is 5.82 Å². The Morgan fingerprint density at radius 3 is 2.33 bits per heavy atom. The van der Waals surface area contributed by atoms with Crippen LogP contribution in [0.3, 0.4) is 0 Å². The summed E-state index contributed by atoms with van der Waals surface area (Å²) in [5.41, 5.74) is 4.69. The maximum Gasteiger partial charge on any atom is 0.129 e. The van der Waals surface area contributed by atoms with Gasteiger partial charge in [0.05, 0.1) is 17.1 Å². The first kappa shape index (κ1) is 16.3. The molecule has 2 heterocycles. The summed E-state index contributed by atoms with van der Waals surface area (Å²) in [6.45, 7) is 4.21. The van der Waals surface area contributed by atoms with Crippen molar-refractivity contribution in [3.63, 3.8) is 0 Å². The monoisotopic (exact) mass is 354 g/mol. The highest BCUT2D eigenvalue weighted by Crippen LogP contribution is 2.27. The summed E-state index contributed by atoms with van der Waals surface area (Å²) in [6.07, 6.45) is 2.37. The summed E-state index contributed by atoms with van der Waals surface area (Å²) in [5.74, 6) is 1.04. The third kappa shape index (κ3) is 3.05. The van der Waals surface area contributed by atoms with Crippen molar-refractivity contribution >= 4 is 16.7 Å². The van der Waals surface area contributed by atoms with E-state index in [1.807, 2.05) is 18.2 Å². The number of anilines is 1. The zero-order valence-corrected chi connectivity index (χ0v) is 15.3. The predicted octanol–water partition coefficient (Wildman–Crippen LogP) is 3.40.